The molecule has 1 fully saturated rings. The Bertz CT molecular complexity index is 893. The van der Waals surface area contributed by atoms with Crippen LogP contribution in [-0.2, 0) is 17.4 Å². The minimum absolute atomic E-state index is 0.292. The first-order valence-electron chi connectivity index (χ1n) is 7.48. The zero-order valence-electron chi connectivity index (χ0n) is 13.5. The molecule has 2 heterocycles. The van der Waals surface area contributed by atoms with Gasteiger partial charge in [-0.25, -0.2) is 13.6 Å². The molecule has 2 aromatic rings. The van der Waals surface area contributed by atoms with Crippen molar-refractivity contribution in [2.24, 2.45) is 7.05 Å². The SMILES string of the molecule is Cn1cccc1C(=O)CN1C(=O)N[C@](C)(c2cc(F)ccc2F)C1=O. The lowest BCUT2D eigenvalue weighted by atomic mass is 9.91. The summed E-state index contributed by atoms with van der Waals surface area (Å²) in [5.41, 5.74) is -1.75. The third-order valence-corrected chi connectivity index (χ3v) is 4.27. The number of aryl methyl sites for hydroxylation is 1. The van der Waals surface area contributed by atoms with Crippen LogP contribution in [0.4, 0.5) is 13.6 Å². The Morgan fingerprint density at radius 2 is 1.96 bits per heavy atom. The number of benzene rings is 1. The van der Waals surface area contributed by atoms with Crippen molar-refractivity contribution in [3.8, 4) is 0 Å². The lowest BCUT2D eigenvalue weighted by Gasteiger charge is -2.22. The summed E-state index contributed by atoms with van der Waals surface area (Å²) in [6.07, 6.45) is 1.66. The van der Waals surface area contributed by atoms with Gasteiger partial charge in [-0.1, -0.05) is 0 Å². The lowest BCUT2D eigenvalue weighted by molar-refractivity contribution is -0.130. The van der Waals surface area contributed by atoms with E-state index in [2.05, 4.69) is 5.32 Å². The second-order valence-corrected chi connectivity index (χ2v) is 6.00. The zero-order valence-corrected chi connectivity index (χ0v) is 13.5. The molecule has 1 atom stereocenters. The topological polar surface area (TPSA) is 71.4 Å². The van der Waals surface area contributed by atoms with Crippen molar-refractivity contribution in [2.45, 2.75) is 12.5 Å². The zero-order chi connectivity index (χ0) is 18.4. The van der Waals surface area contributed by atoms with Crippen LogP contribution in [0.15, 0.2) is 36.5 Å². The van der Waals surface area contributed by atoms with Gasteiger partial charge < -0.3 is 9.88 Å². The van der Waals surface area contributed by atoms with Gasteiger partial charge in [-0.05, 0) is 37.3 Å². The van der Waals surface area contributed by atoms with Gasteiger partial charge in [0, 0.05) is 18.8 Å². The molecule has 3 rings (SSSR count). The minimum atomic E-state index is -1.78. The maximum atomic E-state index is 14.1. The molecule has 0 bridgehead atoms. The van der Waals surface area contributed by atoms with Gasteiger partial charge in [-0.15, -0.1) is 0 Å². The van der Waals surface area contributed by atoms with E-state index in [0.717, 1.165) is 18.2 Å². The number of carbonyl (C=O) groups excluding carboxylic acids is 3. The van der Waals surface area contributed by atoms with E-state index in [-0.39, 0.29) is 5.56 Å². The van der Waals surface area contributed by atoms with Gasteiger partial charge in [0.2, 0.25) is 0 Å². The van der Waals surface area contributed by atoms with Crippen molar-refractivity contribution in [1.29, 1.82) is 0 Å². The molecule has 130 valence electrons. The predicted octanol–water partition coefficient (Wildman–Crippen LogP) is 1.95. The number of nitrogens with one attached hydrogen (secondary N) is 1. The Hall–Kier alpha value is -3.03. The highest BCUT2D eigenvalue weighted by Crippen LogP contribution is 2.31. The first kappa shape index (κ1) is 16.8. The van der Waals surface area contributed by atoms with Gasteiger partial charge in [-0.3, -0.25) is 14.5 Å². The number of urea groups is 1. The molecule has 1 aromatic heterocycles. The van der Waals surface area contributed by atoms with Crippen LogP contribution in [0.1, 0.15) is 23.0 Å². The summed E-state index contributed by atoms with van der Waals surface area (Å²) >= 11 is 0. The molecule has 0 spiro atoms. The number of amides is 3. The third-order valence-electron chi connectivity index (χ3n) is 4.27. The van der Waals surface area contributed by atoms with Gasteiger partial charge in [0.15, 0.2) is 5.78 Å². The van der Waals surface area contributed by atoms with Crippen molar-refractivity contribution in [1.82, 2.24) is 14.8 Å². The van der Waals surface area contributed by atoms with Crippen LogP contribution in [0, 0.1) is 11.6 Å². The van der Waals surface area contributed by atoms with Crippen molar-refractivity contribution >= 4 is 17.7 Å². The van der Waals surface area contributed by atoms with Crippen LogP contribution >= 0.6 is 0 Å². The molecule has 1 aromatic carbocycles. The molecule has 6 nitrogen and oxygen atoms in total. The number of nitrogens with zero attached hydrogens (tertiary/aromatic N) is 2. The summed E-state index contributed by atoms with van der Waals surface area (Å²) in [5.74, 6) is -2.82. The van der Waals surface area contributed by atoms with Crippen LogP contribution in [0.25, 0.3) is 0 Å². The highest BCUT2D eigenvalue weighted by Gasteiger charge is 2.50. The fourth-order valence-corrected chi connectivity index (χ4v) is 2.88. The van der Waals surface area contributed by atoms with Crippen LogP contribution in [0.2, 0.25) is 0 Å². The van der Waals surface area contributed by atoms with Gasteiger partial charge in [-0.2, -0.15) is 0 Å². The van der Waals surface area contributed by atoms with E-state index in [1.807, 2.05) is 0 Å². The quantitative estimate of drug-likeness (QED) is 0.679. The predicted molar refractivity (Wildman–Crippen MR) is 83.7 cm³/mol. The number of halogens is 2. The average molecular weight is 347 g/mol. The minimum Gasteiger partial charge on any atom is -0.348 e. The summed E-state index contributed by atoms with van der Waals surface area (Å²) in [6.45, 7) is 0.785. The molecule has 3 amide bonds. The molecule has 1 aliphatic heterocycles. The van der Waals surface area contributed by atoms with Crippen molar-refractivity contribution in [2.75, 3.05) is 6.54 Å². The molecule has 0 aliphatic carbocycles. The van der Waals surface area contributed by atoms with Gasteiger partial charge in [0.1, 0.15) is 17.2 Å². The average Bonchev–Trinajstić information content (AvgIpc) is 3.07. The maximum Gasteiger partial charge on any atom is 0.325 e. The summed E-state index contributed by atoms with van der Waals surface area (Å²) in [4.78, 5) is 37.9. The second kappa shape index (κ2) is 5.80. The van der Waals surface area contributed by atoms with E-state index in [0.29, 0.717) is 10.6 Å². The molecule has 0 radical (unpaired) electrons. The number of rotatable bonds is 4. The first-order chi connectivity index (χ1) is 11.7. The summed E-state index contributed by atoms with van der Waals surface area (Å²) in [5, 5.41) is 2.35. The van der Waals surface area contributed by atoms with Crippen LogP contribution < -0.4 is 5.32 Å². The third kappa shape index (κ3) is 2.69. The van der Waals surface area contributed by atoms with E-state index in [9.17, 15) is 23.2 Å². The fraction of sp³-hybridized carbons (Fsp3) is 0.235. The molecule has 0 unspecified atom stereocenters. The molecule has 0 saturated carbocycles. The highest BCUT2D eigenvalue weighted by molar-refractivity contribution is 6.11. The van der Waals surface area contributed by atoms with Gasteiger partial charge in [0.05, 0.1) is 12.2 Å². The number of aromatic nitrogens is 1. The number of imide groups is 1. The Balaban J connectivity index is 1.91. The molecular weight excluding hydrogens is 332 g/mol. The number of hydrogen-bond donors (Lipinski definition) is 1. The number of hydrogen-bond acceptors (Lipinski definition) is 3. The van der Waals surface area contributed by atoms with Crippen molar-refractivity contribution < 1.29 is 23.2 Å². The monoisotopic (exact) mass is 347 g/mol. The van der Waals surface area contributed by atoms with Crippen LogP contribution in [0.5, 0.6) is 0 Å². The largest absolute Gasteiger partial charge is 0.348 e. The second-order valence-electron chi connectivity index (χ2n) is 6.00. The van der Waals surface area contributed by atoms with E-state index >= 15 is 0 Å². The Labute approximate surface area is 142 Å². The fourth-order valence-electron chi connectivity index (χ4n) is 2.88. The van der Waals surface area contributed by atoms with E-state index in [1.54, 1.807) is 29.9 Å². The Morgan fingerprint density at radius 1 is 1.24 bits per heavy atom. The highest BCUT2D eigenvalue weighted by atomic mass is 19.1. The normalized spacial score (nSPS) is 20.1. The van der Waals surface area contributed by atoms with E-state index in [4.69, 9.17) is 0 Å². The summed E-state index contributed by atoms with van der Waals surface area (Å²) in [6, 6.07) is 5.04. The Kier molecular flexibility index (Phi) is 3.90. The summed E-state index contributed by atoms with van der Waals surface area (Å²) < 4.78 is 29.1. The molecule has 1 aliphatic rings. The molecule has 8 heteroatoms. The number of Topliss-reactive ketones (excluding diaryl/α,β-unsaturated/α-hetero) is 1. The van der Waals surface area contributed by atoms with Crippen molar-refractivity contribution in [3.63, 3.8) is 0 Å². The van der Waals surface area contributed by atoms with Crippen LogP contribution in [-0.4, -0.2) is 33.7 Å². The Morgan fingerprint density at radius 3 is 2.60 bits per heavy atom. The number of ketones is 1. The van der Waals surface area contributed by atoms with E-state index in [1.165, 1.54) is 6.92 Å². The molecule has 25 heavy (non-hydrogen) atoms. The standard InChI is InChI=1S/C17H15F2N3O3/c1-17(11-8-10(18)5-6-12(11)19)15(24)22(16(25)20-17)9-14(23)13-4-3-7-21(13)2/h3-8H,9H2,1-2H3,(H,20,25)/t17-/m1/s1. The molecular formula is C17H15F2N3O3. The maximum absolute atomic E-state index is 14.1. The summed E-state index contributed by atoms with van der Waals surface area (Å²) in [7, 11) is 1.66. The van der Waals surface area contributed by atoms with E-state index < -0.39 is 41.4 Å². The lowest BCUT2D eigenvalue weighted by Crippen LogP contribution is -2.42. The van der Waals surface area contributed by atoms with Crippen LogP contribution in [0.3, 0.4) is 0 Å². The van der Waals surface area contributed by atoms with Gasteiger partial charge in [0.25, 0.3) is 5.91 Å². The van der Waals surface area contributed by atoms with Gasteiger partial charge >= 0.3 is 6.03 Å². The molecule has 1 saturated heterocycles. The first-order valence-corrected chi connectivity index (χ1v) is 7.48. The smallest absolute Gasteiger partial charge is 0.325 e. The van der Waals surface area contributed by atoms with Crippen molar-refractivity contribution in [3.05, 3.63) is 59.4 Å². The molecule has 1 N–H and O–H groups in total. The number of carbonyl (C=O) groups is 3.